The van der Waals surface area contributed by atoms with Crippen LogP contribution in [0.3, 0.4) is 0 Å². The number of hydrogen-bond acceptors (Lipinski definition) is 5. The zero-order chi connectivity index (χ0) is 14.8. The van der Waals surface area contributed by atoms with E-state index in [-0.39, 0.29) is 29.2 Å². The number of sulfonamides is 1. The number of pyridine rings is 1. The summed E-state index contributed by atoms with van der Waals surface area (Å²) < 4.78 is 31.1. The summed E-state index contributed by atoms with van der Waals surface area (Å²) in [5, 5.41) is 0.0953. The van der Waals surface area contributed by atoms with Gasteiger partial charge in [0, 0.05) is 12.2 Å². The minimum atomic E-state index is -3.77. The Hall–Kier alpha value is -1.18. The van der Waals surface area contributed by atoms with Crippen LogP contribution in [0.2, 0.25) is 5.15 Å². The number of aromatic nitrogens is 1. The number of ether oxygens (including phenoxy) is 1. The van der Waals surface area contributed by atoms with Gasteiger partial charge in [0.15, 0.2) is 0 Å². The highest BCUT2D eigenvalue weighted by atomic mass is 35.5. The van der Waals surface area contributed by atoms with E-state index in [0.717, 1.165) is 12.8 Å². The summed E-state index contributed by atoms with van der Waals surface area (Å²) in [7, 11) is -3.77. The van der Waals surface area contributed by atoms with E-state index in [9.17, 15) is 13.2 Å². The monoisotopic (exact) mass is 318 g/mol. The highest BCUT2D eigenvalue weighted by molar-refractivity contribution is 7.89. The van der Waals surface area contributed by atoms with Crippen LogP contribution >= 0.6 is 11.6 Å². The normalized spacial score (nSPS) is 15.3. The highest BCUT2D eigenvalue weighted by Gasteiger charge is 2.39. The van der Waals surface area contributed by atoms with Crippen molar-refractivity contribution in [1.29, 1.82) is 0 Å². The van der Waals surface area contributed by atoms with E-state index < -0.39 is 16.0 Å². The van der Waals surface area contributed by atoms with Crippen LogP contribution in [0, 0.1) is 0 Å². The van der Waals surface area contributed by atoms with E-state index in [4.69, 9.17) is 16.3 Å². The standard InChI is InChI=1S/C12H15ClN2O4S/c1-2-19-12(16)8-15(9-3-4-9)20(17,18)10-5-6-14-11(13)7-10/h5-7,9H,2-4,8H2,1H3. The lowest BCUT2D eigenvalue weighted by molar-refractivity contribution is -0.143. The molecule has 0 saturated heterocycles. The molecule has 0 bridgehead atoms. The number of carbonyl (C=O) groups excluding carboxylic acids is 1. The number of hydrogen-bond donors (Lipinski definition) is 0. The van der Waals surface area contributed by atoms with Crippen molar-refractivity contribution in [2.45, 2.75) is 30.7 Å². The molecule has 1 aromatic heterocycles. The molecule has 1 aromatic rings. The van der Waals surface area contributed by atoms with Crippen molar-refractivity contribution in [2.75, 3.05) is 13.2 Å². The molecule has 0 unspecified atom stereocenters. The van der Waals surface area contributed by atoms with Crippen LogP contribution in [0.1, 0.15) is 19.8 Å². The molecule has 0 amide bonds. The van der Waals surface area contributed by atoms with E-state index in [1.807, 2.05) is 0 Å². The molecule has 0 atom stereocenters. The molecule has 20 heavy (non-hydrogen) atoms. The Morgan fingerprint density at radius 3 is 2.80 bits per heavy atom. The summed E-state index contributed by atoms with van der Waals surface area (Å²) in [5.74, 6) is -0.553. The highest BCUT2D eigenvalue weighted by Crippen LogP contribution is 2.32. The SMILES string of the molecule is CCOC(=O)CN(C1CC1)S(=O)(=O)c1ccnc(Cl)c1. The van der Waals surface area contributed by atoms with E-state index >= 15 is 0 Å². The van der Waals surface area contributed by atoms with Crippen molar-refractivity contribution in [3.8, 4) is 0 Å². The average molecular weight is 319 g/mol. The fourth-order valence-electron chi connectivity index (χ4n) is 1.79. The van der Waals surface area contributed by atoms with Crippen LogP contribution in [0.15, 0.2) is 23.2 Å². The molecule has 8 heteroatoms. The molecule has 1 fully saturated rings. The van der Waals surface area contributed by atoms with Crippen molar-refractivity contribution in [3.63, 3.8) is 0 Å². The number of nitrogens with zero attached hydrogens (tertiary/aromatic N) is 2. The lowest BCUT2D eigenvalue weighted by atomic mass is 10.5. The van der Waals surface area contributed by atoms with Crippen molar-refractivity contribution >= 4 is 27.6 Å². The molecule has 6 nitrogen and oxygen atoms in total. The maximum atomic E-state index is 12.5. The Morgan fingerprint density at radius 2 is 2.25 bits per heavy atom. The predicted molar refractivity (Wildman–Crippen MR) is 72.8 cm³/mol. The quantitative estimate of drug-likeness (QED) is 0.586. The summed E-state index contributed by atoms with van der Waals surface area (Å²) in [6.07, 6.45) is 2.82. The van der Waals surface area contributed by atoms with E-state index in [1.165, 1.54) is 22.6 Å². The summed E-state index contributed by atoms with van der Waals surface area (Å²) in [6, 6.07) is 2.50. The van der Waals surface area contributed by atoms with Gasteiger partial charge in [-0.05, 0) is 31.9 Å². The van der Waals surface area contributed by atoms with Gasteiger partial charge in [-0.1, -0.05) is 11.6 Å². The summed E-state index contributed by atoms with van der Waals surface area (Å²) in [5.41, 5.74) is 0. The largest absolute Gasteiger partial charge is 0.465 e. The number of rotatable bonds is 6. The molecule has 1 heterocycles. The van der Waals surface area contributed by atoms with Gasteiger partial charge in [0.25, 0.3) is 0 Å². The van der Waals surface area contributed by atoms with Gasteiger partial charge in [-0.15, -0.1) is 0 Å². The van der Waals surface area contributed by atoms with E-state index in [0.29, 0.717) is 0 Å². The molecule has 0 spiro atoms. The molecule has 0 radical (unpaired) electrons. The molecule has 1 aliphatic rings. The molecule has 0 aliphatic heterocycles. The maximum absolute atomic E-state index is 12.5. The van der Waals surface area contributed by atoms with Crippen LogP contribution in [-0.4, -0.2) is 42.9 Å². The zero-order valence-electron chi connectivity index (χ0n) is 11.0. The van der Waals surface area contributed by atoms with Crippen LogP contribution in [0.25, 0.3) is 0 Å². The minimum absolute atomic E-state index is 0.0358. The lowest BCUT2D eigenvalue weighted by Crippen LogP contribution is -2.38. The second-order valence-electron chi connectivity index (χ2n) is 4.40. The lowest BCUT2D eigenvalue weighted by Gasteiger charge is -2.20. The topological polar surface area (TPSA) is 76.6 Å². The summed E-state index contributed by atoms with van der Waals surface area (Å²) in [4.78, 5) is 15.4. The Morgan fingerprint density at radius 1 is 1.55 bits per heavy atom. The van der Waals surface area contributed by atoms with Gasteiger partial charge >= 0.3 is 5.97 Å². The van der Waals surface area contributed by atoms with Gasteiger partial charge in [0.05, 0.1) is 11.5 Å². The average Bonchev–Trinajstić information content (AvgIpc) is 3.20. The predicted octanol–water partition coefficient (Wildman–Crippen LogP) is 1.45. The second kappa shape index (κ2) is 6.07. The molecule has 0 N–H and O–H groups in total. The maximum Gasteiger partial charge on any atom is 0.321 e. The third-order valence-electron chi connectivity index (χ3n) is 2.85. The van der Waals surface area contributed by atoms with Gasteiger partial charge in [-0.3, -0.25) is 4.79 Å². The van der Waals surface area contributed by atoms with Gasteiger partial charge in [-0.25, -0.2) is 13.4 Å². The molecule has 2 rings (SSSR count). The number of esters is 1. The van der Waals surface area contributed by atoms with Crippen LogP contribution in [0.5, 0.6) is 0 Å². The summed E-state index contributed by atoms with van der Waals surface area (Å²) in [6.45, 7) is 1.62. The first-order chi connectivity index (χ1) is 9.45. The van der Waals surface area contributed by atoms with Gasteiger partial charge in [-0.2, -0.15) is 4.31 Å². The first kappa shape index (κ1) is 15.2. The van der Waals surface area contributed by atoms with Gasteiger partial charge in [0.2, 0.25) is 10.0 Å². The Kier molecular flexibility index (Phi) is 4.62. The fraction of sp³-hybridized carbons (Fsp3) is 0.500. The smallest absolute Gasteiger partial charge is 0.321 e. The van der Waals surface area contributed by atoms with Gasteiger partial charge in [0.1, 0.15) is 11.7 Å². The number of halogens is 1. The van der Waals surface area contributed by atoms with Crippen molar-refractivity contribution in [2.24, 2.45) is 0 Å². The van der Waals surface area contributed by atoms with E-state index in [2.05, 4.69) is 4.98 Å². The molecule has 1 aliphatic carbocycles. The number of carbonyl (C=O) groups is 1. The van der Waals surface area contributed by atoms with Crippen LogP contribution in [-0.2, 0) is 19.6 Å². The van der Waals surface area contributed by atoms with Crippen LogP contribution < -0.4 is 0 Å². The molecular weight excluding hydrogens is 304 g/mol. The fourth-order valence-corrected chi connectivity index (χ4v) is 3.67. The first-order valence-corrected chi connectivity index (χ1v) is 8.06. The molecule has 110 valence electrons. The third-order valence-corrected chi connectivity index (χ3v) is 4.95. The third kappa shape index (κ3) is 3.47. The zero-order valence-corrected chi connectivity index (χ0v) is 12.5. The Bertz CT molecular complexity index is 601. The molecule has 0 aromatic carbocycles. The Balaban J connectivity index is 2.26. The van der Waals surface area contributed by atoms with Crippen molar-refractivity contribution < 1.29 is 17.9 Å². The van der Waals surface area contributed by atoms with Crippen molar-refractivity contribution in [3.05, 3.63) is 23.5 Å². The van der Waals surface area contributed by atoms with E-state index in [1.54, 1.807) is 6.92 Å². The van der Waals surface area contributed by atoms with Crippen molar-refractivity contribution in [1.82, 2.24) is 9.29 Å². The summed E-state index contributed by atoms with van der Waals surface area (Å²) >= 11 is 5.72. The first-order valence-electron chi connectivity index (χ1n) is 6.24. The second-order valence-corrected chi connectivity index (χ2v) is 6.68. The van der Waals surface area contributed by atoms with Gasteiger partial charge < -0.3 is 4.74 Å². The minimum Gasteiger partial charge on any atom is -0.465 e. The molecular formula is C12H15ClN2O4S. The molecule has 1 saturated carbocycles. The van der Waals surface area contributed by atoms with Crippen LogP contribution in [0.4, 0.5) is 0 Å². The Labute approximate surface area is 122 Å².